The maximum Gasteiger partial charge on any atom is 0.161 e. The Labute approximate surface area is 188 Å². The standard InChI is InChI=1S/C26H28O6/c1-3-7-25-23(5-1)29-17-15-27-13-14-28-16-18-30-24-6-2-4-8-26(24)32-20-22-11-9-21(10-12-22)19-31-25/h1-12H,13-20H2. The Bertz CT molecular complexity index is 878. The van der Waals surface area contributed by atoms with Crippen LogP contribution in [-0.4, -0.2) is 39.6 Å². The van der Waals surface area contributed by atoms with Gasteiger partial charge in [-0.25, -0.2) is 0 Å². The Hall–Kier alpha value is -3.22. The predicted octanol–water partition coefficient (Wildman–Crippen LogP) is 4.65. The number of fused-ring (bicyclic) bond motifs is 13. The third kappa shape index (κ3) is 6.64. The van der Waals surface area contributed by atoms with Gasteiger partial charge in [0.05, 0.1) is 26.4 Å². The van der Waals surface area contributed by atoms with Crippen molar-refractivity contribution in [1.29, 1.82) is 0 Å². The van der Waals surface area contributed by atoms with Crippen LogP contribution in [0.25, 0.3) is 0 Å². The largest absolute Gasteiger partial charge is 0.487 e. The molecule has 0 saturated heterocycles. The van der Waals surface area contributed by atoms with Gasteiger partial charge in [0.1, 0.15) is 26.4 Å². The van der Waals surface area contributed by atoms with Crippen molar-refractivity contribution in [3.8, 4) is 23.0 Å². The first-order valence-electron chi connectivity index (χ1n) is 10.8. The van der Waals surface area contributed by atoms with E-state index in [0.29, 0.717) is 75.9 Å². The Morgan fingerprint density at radius 3 is 1.12 bits per heavy atom. The number of para-hydroxylation sites is 4. The fourth-order valence-electron chi connectivity index (χ4n) is 3.17. The normalized spacial score (nSPS) is 15.9. The molecule has 6 nitrogen and oxygen atoms in total. The zero-order valence-corrected chi connectivity index (χ0v) is 18.0. The molecule has 0 aliphatic carbocycles. The molecule has 3 aromatic rings. The minimum atomic E-state index is 0.439. The minimum Gasteiger partial charge on any atom is -0.487 e. The summed E-state index contributed by atoms with van der Waals surface area (Å²) in [6.07, 6.45) is 0. The van der Waals surface area contributed by atoms with Crippen LogP contribution >= 0.6 is 0 Å². The highest BCUT2D eigenvalue weighted by Crippen LogP contribution is 2.28. The molecule has 2 aliphatic heterocycles. The quantitative estimate of drug-likeness (QED) is 0.478. The summed E-state index contributed by atoms with van der Waals surface area (Å²) in [5.41, 5.74) is 2.13. The Morgan fingerprint density at radius 2 is 0.719 bits per heavy atom. The van der Waals surface area contributed by atoms with Crippen LogP contribution in [0.4, 0.5) is 0 Å². The molecular weight excluding hydrogens is 408 g/mol. The molecule has 0 amide bonds. The van der Waals surface area contributed by atoms with Crippen LogP contribution in [0.2, 0.25) is 0 Å². The van der Waals surface area contributed by atoms with Crippen LogP contribution in [0.5, 0.6) is 23.0 Å². The number of ether oxygens (including phenoxy) is 6. The molecule has 2 aliphatic rings. The molecule has 0 fully saturated rings. The molecule has 2 heterocycles. The molecule has 32 heavy (non-hydrogen) atoms. The Kier molecular flexibility index (Phi) is 8.23. The second-order valence-corrected chi connectivity index (χ2v) is 7.21. The maximum atomic E-state index is 5.99. The van der Waals surface area contributed by atoms with Crippen LogP contribution in [0.3, 0.4) is 0 Å². The van der Waals surface area contributed by atoms with Gasteiger partial charge >= 0.3 is 0 Å². The fourth-order valence-corrected chi connectivity index (χ4v) is 3.17. The van der Waals surface area contributed by atoms with Gasteiger partial charge in [-0.3, -0.25) is 0 Å². The van der Waals surface area contributed by atoms with Gasteiger partial charge in [-0.15, -0.1) is 0 Å². The Morgan fingerprint density at radius 1 is 0.375 bits per heavy atom. The molecule has 168 valence electrons. The SMILES string of the molecule is c1ccc2c(c1)OCCOCCOCCOc1ccccc1OCc1ccc(cc1)CO2. The van der Waals surface area contributed by atoms with E-state index in [4.69, 9.17) is 28.4 Å². The molecule has 0 radical (unpaired) electrons. The van der Waals surface area contributed by atoms with Crippen LogP contribution in [0.15, 0.2) is 72.8 Å². The first-order valence-corrected chi connectivity index (χ1v) is 10.8. The number of hydrogen-bond acceptors (Lipinski definition) is 6. The lowest BCUT2D eigenvalue weighted by Crippen LogP contribution is -2.14. The molecule has 0 unspecified atom stereocenters. The highest BCUT2D eigenvalue weighted by Gasteiger charge is 2.07. The van der Waals surface area contributed by atoms with Gasteiger partial charge in [0, 0.05) is 0 Å². The van der Waals surface area contributed by atoms with Gasteiger partial charge < -0.3 is 28.4 Å². The molecule has 0 spiro atoms. The van der Waals surface area contributed by atoms with E-state index in [2.05, 4.69) is 0 Å². The average Bonchev–Trinajstić information content (AvgIpc) is 2.84. The second kappa shape index (κ2) is 12.0. The van der Waals surface area contributed by atoms with Crippen molar-refractivity contribution in [2.45, 2.75) is 13.2 Å². The first kappa shape index (κ1) is 22.0. The first-order chi connectivity index (χ1) is 15.9. The van der Waals surface area contributed by atoms with Crippen molar-refractivity contribution in [2.75, 3.05) is 39.6 Å². The van der Waals surface area contributed by atoms with Crippen LogP contribution < -0.4 is 18.9 Å². The monoisotopic (exact) mass is 436 g/mol. The molecule has 0 N–H and O–H groups in total. The van der Waals surface area contributed by atoms with Crippen molar-refractivity contribution in [2.24, 2.45) is 0 Å². The van der Waals surface area contributed by atoms with Gasteiger partial charge in [0.25, 0.3) is 0 Å². The Balaban J connectivity index is 1.44. The summed E-state index contributed by atoms with van der Waals surface area (Å²) >= 11 is 0. The van der Waals surface area contributed by atoms with Gasteiger partial charge in [0.2, 0.25) is 0 Å². The summed E-state index contributed by atoms with van der Waals surface area (Å²) in [6, 6.07) is 23.5. The molecule has 2 bridgehead atoms. The van der Waals surface area contributed by atoms with Crippen LogP contribution in [0.1, 0.15) is 11.1 Å². The lowest BCUT2D eigenvalue weighted by atomic mass is 10.1. The van der Waals surface area contributed by atoms with Crippen molar-refractivity contribution < 1.29 is 28.4 Å². The summed E-state index contributed by atoms with van der Waals surface area (Å²) in [7, 11) is 0. The summed E-state index contributed by atoms with van der Waals surface area (Å²) < 4.78 is 34.8. The van der Waals surface area contributed by atoms with Crippen molar-refractivity contribution in [3.63, 3.8) is 0 Å². The summed E-state index contributed by atoms with van der Waals surface area (Å²) in [6.45, 7) is 3.72. The van der Waals surface area contributed by atoms with Gasteiger partial charge in [0.15, 0.2) is 23.0 Å². The van der Waals surface area contributed by atoms with Crippen LogP contribution in [0, 0.1) is 0 Å². The fraction of sp³-hybridized carbons (Fsp3) is 0.308. The van der Waals surface area contributed by atoms with E-state index in [1.54, 1.807) is 0 Å². The maximum absolute atomic E-state index is 5.99. The zero-order chi connectivity index (χ0) is 21.8. The van der Waals surface area contributed by atoms with E-state index in [1.807, 2.05) is 72.8 Å². The van der Waals surface area contributed by atoms with Gasteiger partial charge in [-0.1, -0.05) is 48.5 Å². The second-order valence-electron chi connectivity index (χ2n) is 7.21. The third-order valence-electron chi connectivity index (χ3n) is 4.85. The van der Waals surface area contributed by atoms with E-state index in [-0.39, 0.29) is 0 Å². The zero-order valence-electron chi connectivity index (χ0n) is 18.0. The molecule has 5 rings (SSSR count). The topological polar surface area (TPSA) is 55.4 Å². The van der Waals surface area contributed by atoms with Crippen LogP contribution in [-0.2, 0) is 22.7 Å². The van der Waals surface area contributed by atoms with Crippen molar-refractivity contribution in [1.82, 2.24) is 0 Å². The highest BCUT2D eigenvalue weighted by atomic mass is 16.6. The average molecular weight is 437 g/mol. The molecule has 0 aromatic heterocycles. The van der Waals surface area contributed by atoms with E-state index in [1.165, 1.54) is 0 Å². The molecule has 0 saturated carbocycles. The minimum absolute atomic E-state index is 0.439. The summed E-state index contributed by atoms with van der Waals surface area (Å²) in [5, 5.41) is 0. The molecule has 6 heteroatoms. The van der Waals surface area contributed by atoms with E-state index in [9.17, 15) is 0 Å². The highest BCUT2D eigenvalue weighted by molar-refractivity contribution is 5.40. The lowest BCUT2D eigenvalue weighted by Gasteiger charge is -2.14. The number of rotatable bonds is 0. The van der Waals surface area contributed by atoms with E-state index >= 15 is 0 Å². The predicted molar refractivity (Wildman–Crippen MR) is 121 cm³/mol. The molecule has 3 aromatic carbocycles. The van der Waals surface area contributed by atoms with Crippen molar-refractivity contribution in [3.05, 3.63) is 83.9 Å². The van der Waals surface area contributed by atoms with Gasteiger partial charge in [-0.2, -0.15) is 0 Å². The molecule has 0 atom stereocenters. The smallest absolute Gasteiger partial charge is 0.161 e. The van der Waals surface area contributed by atoms with Crippen molar-refractivity contribution >= 4 is 0 Å². The molecular formula is C26H28O6. The van der Waals surface area contributed by atoms with E-state index < -0.39 is 0 Å². The summed E-state index contributed by atoms with van der Waals surface area (Å²) in [5.74, 6) is 2.83. The van der Waals surface area contributed by atoms with E-state index in [0.717, 1.165) is 11.1 Å². The third-order valence-corrected chi connectivity index (χ3v) is 4.85. The number of benzene rings is 3. The number of hydrogen-bond donors (Lipinski definition) is 0. The lowest BCUT2D eigenvalue weighted by molar-refractivity contribution is 0.0267. The summed E-state index contributed by atoms with van der Waals surface area (Å²) in [4.78, 5) is 0. The van der Waals surface area contributed by atoms with Gasteiger partial charge in [-0.05, 0) is 35.4 Å².